The maximum absolute atomic E-state index is 11.4. The highest BCUT2D eigenvalue weighted by atomic mass is 16.5. The molecule has 1 aliphatic rings. The zero-order valence-electron chi connectivity index (χ0n) is 13.5. The molecule has 0 radical (unpaired) electrons. The largest absolute Gasteiger partial charge is 0.494 e. The molecule has 3 rings (SSSR count). The topological polar surface area (TPSA) is 59.4 Å². The number of Topliss-reactive ketones (excluding diaryl/α,β-unsaturated/α-hetero) is 1. The molecule has 23 heavy (non-hydrogen) atoms. The molecule has 0 atom stereocenters. The molecule has 0 aliphatic heterocycles. The fraction of sp³-hybridized carbons (Fsp3) is 0.474. The molecule has 2 aromatic rings. The molecule has 1 aliphatic carbocycles. The summed E-state index contributed by atoms with van der Waals surface area (Å²) in [6.07, 6.45) is 5.44. The molecule has 1 N–H and O–H groups in total. The normalized spacial score (nSPS) is 17.4. The summed E-state index contributed by atoms with van der Waals surface area (Å²) >= 11 is 0. The van der Waals surface area contributed by atoms with E-state index in [2.05, 4.69) is 4.98 Å². The van der Waals surface area contributed by atoms with Gasteiger partial charge in [-0.05, 0) is 62.4 Å². The highest BCUT2D eigenvalue weighted by Gasteiger charge is 2.31. The minimum atomic E-state index is -0.707. The molecule has 0 saturated heterocycles. The van der Waals surface area contributed by atoms with Crippen molar-refractivity contribution in [3.63, 3.8) is 0 Å². The lowest BCUT2D eigenvalue weighted by atomic mass is 9.80. The Morgan fingerprint density at radius 3 is 2.78 bits per heavy atom. The summed E-state index contributed by atoms with van der Waals surface area (Å²) < 4.78 is 5.58. The van der Waals surface area contributed by atoms with Gasteiger partial charge in [-0.2, -0.15) is 0 Å². The zero-order valence-corrected chi connectivity index (χ0v) is 13.5. The average molecular weight is 313 g/mol. The third-order valence-corrected chi connectivity index (χ3v) is 4.71. The minimum Gasteiger partial charge on any atom is -0.494 e. The van der Waals surface area contributed by atoms with Crippen molar-refractivity contribution in [2.45, 2.75) is 51.0 Å². The standard InChI is InChI=1S/C19H23NO3/c1-2-23-16-3-4-18-17(13-16)14(8-12-20-18)5-9-19(22)10-6-15(21)7-11-19/h3-4,8,12-13,22H,2,5-7,9-11H2,1H3. The van der Waals surface area contributed by atoms with Gasteiger partial charge in [0.05, 0.1) is 17.7 Å². The second-order valence-electron chi connectivity index (χ2n) is 6.35. The van der Waals surface area contributed by atoms with Crippen LogP contribution >= 0.6 is 0 Å². The molecule has 0 spiro atoms. The van der Waals surface area contributed by atoms with Crippen LogP contribution in [0.5, 0.6) is 5.75 Å². The number of hydrogen-bond donors (Lipinski definition) is 1. The van der Waals surface area contributed by atoms with Crippen molar-refractivity contribution < 1.29 is 14.6 Å². The molecule has 1 heterocycles. The van der Waals surface area contributed by atoms with Crippen LogP contribution in [0.25, 0.3) is 10.9 Å². The van der Waals surface area contributed by atoms with Crippen molar-refractivity contribution >= 4 is 16.7 Å². The number of benzene rings is 1. The molecular weight excluding hydrogens is 290 g/mol. The molecule has 4 heteroatoms. The van der Waals surface area contributed by atoms with Crippen molar-refractivity contribution in [2.75, 3.05) is 6.61 Å². The number of aromatic nitrogens is 1. The predicted molar refractivity (Wildman–Crippen MR) is 89.7 cm³/mol. The molecule has 0 amide bonds. The number of carbonyl (C=O) groups excluding carboxylic acids is 1. The van der Waals surface area contributed by atoms with Gasteiger partial charge >= 0.3 is 0 Å². The number of carbonyl (C=O) groups is 1. The Labute approximate surface area is 136 Å². The molecule has 1 saturated carbocycles. The van der Waals surface area contributed by atoms with E-state index in [4.69, 9.17) is 4.74 Å². The van der Waals surface area contributed by atoms with E-state index >= 15 is 0 Å². The van der Waals surface area contributed by atoms with E-state index in [1.165, 1.54) is 5.56 Å². The second kappa shape index (κ2) is 6.67. The third-order valence-electron chi connectivity index (χ3n) is 4.71. The number of hydrogen-bond acceptors (Lipinski definition) is 4. The van der Waals surface area contributed by atoms with Crippen LogP contribution in [0.4, 0.5) is 0 Å². The maximum atomic E-state index is 11.4. The van der Waals surface area contributed by atoms with Gasteiger partial charge in [-0.15, -0.1) is 0 Å². The molecule has 1 fully saturated rings. The van der Waals surface area contributed by atoms with Gasteiger partial charge < -0.3 is 9.84 Å². The van der Waals surface area contributed by atoms with Gasteiger partial charge in [0.2, 0.25) is 0 Å². The number of nitrogens with zero attached hydrogens (tertiary/aromatic N) is 1. The van der Waals surface area contributed by atoms with E-state index < -0.39 is 5.60 Å². The van der Waals surface area contributed by atoms with E-state index in [0.29, 0.717) is 38.7 Å². The van der Waals surface area contributed by atoms with Crippen molar-refractivity contribution in [1.82, 2.24) is 4.98 Å². The molecule has 122 valence electrons. The summed E-state index contributed by atoms with van der Waals surface area (Å²) in [5.74, 6) is 1.11. The fourth-order valence-electron chi connectivity index (χ4n) is 3.27. The van der Waals surface area contributed by atoms with Crippen LogP contribution in [0, 0.1) is 0 Å². The Morgan fingerprint density at radius 1 is 1.26 bits per heavy atom. The van der Waals surface area contributed by atoms with Crippen LogP contribution in [0.15, 0.2) is 30.5 Å². The van der Waals surface area contributed by atoms with E-state index in [-0.39, 0.29) is 5.78 Å². The summed E-state index contributed by atoms with van der Waals surface area (Å²) in [5.41, 5.74) is 1.40. The van der Waals surface area contributed by atoms with Gasteiger partial charge in [0, 0.05) is 24.4 Å². The number of fused-ring (bicyclic) bond motifs is 1. The van der Waals surface area contributed by atoms with Crippen LogP contribution in [0.2, 0.25) is 0 Å². The Balaban J connectivity index is 1.79. The first kappa shape index (κ1) is 15.9. The number of aliphatic hydroxyl groups is 1. The first-order valence-electron chi connectivity index (χ1n) is 8.34. The van der Waals surface area contributed by atoms with Crippen LogP contribution in [-0.4, -0.2) is 28.1 Å². The predicted octanol–water partition coefficient (Wildman–Crippen LogP) is 3.44. The summed E-state index contributed by atoms with van der Waals surface area (Å²) in [5, 5.41) is 11.7. The Morgan fingerprint density at radius 2 is 2.04 bits per heavy atom. The number of aryl methyl sites for hydroxylation is 1. The highest BCUT2D eigenvalue weighted by Crippen LogP contribution is 2.32. The Hall–Kier alpha value is -1.94. The van der Waals surface area contributed by atoms with E-state index in [0.717, 1.165) is 23.1 Å². The Bertz CT molecular complexity index is 701. The highest BCUT2D eigenvalue weighted by molar-refractivity contribution is 5.83. The van der Waals surface area contributed by atoms with Crippen LogP contribution in [0.1, 0.15) is 44.6 Å². The SMILES string of the molecule is CCOc1ccc2nccc(CCC3(O)CCC(=O)CC3)c2c1. The lowest BCUT2D eigenvalue weighted by molar-refractivity contribution is -0.125. The molecule has 0 unspecified atom stereocenters. The Kier molecular flexibility index (Phi) is 4.62. The van der Waals surface area contributed by atoms with Crippen molar-refractivity contribution in [2.24, 2.45) is 0 Å². The van der Waals surface area contributed by atoms with Crippen molar-refractivity contribution in [1.29, 1.82) is 0 Å². The van der Waals surface area contributed by atoms with Crippen LogP contribution < -0.4 is 4.74 Å². The monoisotopic (exact) mass is 313 g/mol. The van der Waals surface area contributed by atoms with Gasteiger partial charge in [-0.25, -0.2) is 0 Å². The minimum absolute atomic E-state index is 0.269. The summed E-state index contributed by atoms with van der Waals surface area (Å²) in [4.78, 5) is 15.8. The maximum Gasteiger partial charge on any atom is 0.133 e. The third kappa shape index (κ3) is 3.70. The van der Waals surface area contributed by atoms with E-state index in [9.17, 15) is 9.90 Å². The number of ether oxygens (including phenoxy) is 1. The number of pyridine rings is 1. The smallest absolute Gasteiger partial charge is 0.133 e. The molecule has 1 aromatic carbocycles. The first-order valence-corrected chi connectivity index (χ1v) is 8.34. The van der Waals surface area contributed by atoms with Gasteiger partial charge in [0.1, 0.15) is 11.5 Å². The van der Waals surface area contributed by atoms with Crippen LogP contribution in [0.3, 0.4) is 0 Å². The summed E-state index contributed by atoms with van der Waals surface area (Å²) in [6, 6.07) is 7.94. The van der Waals surface area contributed by atoms with Crippen molar-refractivity contribution in [3.05, 3.63) is 36.0 Å². The van der Waals surface area contributed by atoms with Crippen LogP contribution in [-0.2, 0) is 11.2 Å². The van der Waals surface area contributed by atoms with E-state index in [1.807, 2.05) is 37.4 Å². The van der Waals surface area contributed by atoms with Gasteiger partial charge in [0.15, 0.2) is 0 Å². The second-order valence-corrected chi connectivity index (χ2v) is 6.35. The molecular formula is C19H23NO3. The molecule has 1 aromatic heterocycles. The van der Waals surface area contributed by atoms with Gasteiger partial charge in [-0.3, -0.25) is 9.78 Å². The van der Waals surface area contributed by atoms with E-state index in [1.54, 1.807) is 0 Å². The van der Waals surface area contributed by atoms with Crippen molar-refractivity contribution in [3.8, 4) is 5.75 Å². The first-order chi connectivity index (χ1) is 11.1. The quantitative estimate of drug-likeness (QED) is 0.918. The number of ketones is 1. The zero-order chi connectivity index (χ0) is 16.3. The molecule has 4 nitrogen and oxygen atoms in total. The average Bonchev–Trinajstić information content (AvgIpc) is 2.56. The van der Waals surface area contributed by atoms with Gasteiger partial charge in [0.25, 0.3) is 0 Å². The van der Waals surface area contributed by atoms with Gasteiger partial charge in [-0.1, -0.05) is 0 Å². The lowest BCUT2D eigenvalue weighted by Crippen LogP contribution is -2.34. The lowest BCUT2D eigenvalue weighted by Gasteiger charge is -2.31. The summed E-state index contributed by atoms with van der Waals surface area (Å²) in [7, 11) is 0. The number of rotatable bonds is 5. The fourth-order valence-corrected chi connectivity index (χ4v) is 3.27. The molecule has 0 bridgehead atoms. The summed E-state index contributed by atoms with van der Waals surface area (Å²) in [6.45, 7) is 2.60.